The van der Waals surface area contributed by atoms with Gasteiger partial charge in [-0.1, -0.05) is 65.4 Å². The third kappa shape index (κ3) is 3.82. The van der Waals surface area contributed by atoms with Crippen LogP contribution in [0.25, 0.3) is 21.0 Å². The second-order valence-electron chi connectivity index (χ2n) is 7.61. The molecule has 0 aliphatic carbocycles. The van der Waals surface area contributed by atoms with Crippen LogP contribution in [0, 0.1) is 0 Å². The van der Waals surface area contributed by atoms with E-state index in [4.69, 9.17) is 21.3 Å². The van der Waals surface area contributed by atoms with Crippen LogP contribution >= 0.6 is 22.9 Å². The first kappa shape index (κ1) is 20.1. The number of nitrogens with zero attached hydrogens (tertiary/aromatic N) is 3. The van der Waals surface area contributed by atoms with Crippen LogP contribution in [0.2, 0.25) is 5.02 Å². The Morgan fingerprint density at radius 2 is 1.84 bits per heavy atom. The van der Waals surface area contributed by atoms with Crippen molar-refractivity contribution in [3.8, 4) is 5.75 Å². The van der Waals surface area contributed by atoms with Crippen LogP contribution in [0.4, 0.5) is 5.13 Å². The molecule has 0 spiro atoms. The average Bonchev–Trinajstić information content (AvgIpc) is 3.24. The lowest BCUT2D eigenvalue weighted by atomic mass is 10.0. The molecule has 1 aliphatic rings. The zero-order chi connectivity index (χ0) is 21.4. The number of aromatic nitrogens is 1. The quantitative estimate of drug-likeness (QED) is 0.438. The number of halogens is 1. The fraction of sp³-hybridized carbons (Fsp3) is 0.250. The highest BCUT2D eigenvalue weighted by Crippen LogP contribution is 2.38. The number of hydrogen-bond acceptors (Lipinski definition) is 5. The number of anilines is 1. The number of ether oxygens (including phenoxy) is 1. The highest BCUT2D eigenvalue weighted by molar-refractivity contribution is 7.22. The lowest BCUT2D eigenvalue weighted by Gasteiger charge is -2.34. The van der Waals surface area contributed by atoms with Crippen molar-refractivity contribution in [1.82, 2.24) is 9.88 Å². The van der Waals surface area contributed by atoms with Gasteiger partial charge in [0.05, 0.1) is 23.3 Å². The number of piperazine rings is 1. The van der Waals surface area contributed by atoms with Gasteiger partial charge in [0.25, 0.3) is 0 Å². The van der Waals surface area contributed by atoms with Crippen LogP contribution in [0.3, 0.4) is 0 Å². The third-order valence-electron chi connectivity index (χ3n) is 5.78. The lowest BCUT2D eigenvalue weighted by molar-refractivity contribution is -0.130. The van der Waals surface area contributed by atoms with Crippen LogP contribution in [-0.4, -0.2) is 49.1 Å². The minimum Gasteiger partial charge on any atom is -0.493 e. The van der Waals surface area contributed by atoms with Gasteiger partial charge in [-0.3, -0.25) is 4.79 Å². The van der Waals surface area contributed by atoms with Crippen molar-refractivity contribution in [2.24, 2.45) is 0 Å². The average molecular weight is 452 g/mol. The van der Waals surface area contributed by atoms with Gasteiger partial charge < -0.3 is 14.5 Å². The van der Waals surface area contributed by atoms with Crippen LogP contribution in [0.5, 0.6) is 5.75 Å². The summed E-state index contributed by atoms with van der Waals surface area (Å²) in [6.45, 7) is 2.91. The predicted octanol–water partition coefficient (Wildman–Crippen LogP) is 5.00. The Balaban J connectivity index is 1.28. The summed E-state index contributed by atoms with van der Waals surface area (Å²) in [5.74, 6) is 0.791. The molecule has 0 radical (unpaired) electrons. The van der Waals surface area contributed by atoms with Gasteiger partial charge in [-0.05, 0) is 28.5 Å². The third-order valence-corrected chi connectivity index (χ3v) is 7.16. The Morgan fingerprint density at radius 3 is 2.65 bits per heavy atom. The SMILES string of the molecule is COc1c(Cl)ccc2sc(N3CCN(C(=O)Cc4cccc5ccccc45)CC3)nc12. The Labute approximate surface area is 189 Å². The summed E-state index contributed by atoms with van der Waals surface area (Å²) in [6, 6.07) is 18.2. The maximum Gasteiger partial charge on any atom is 0.227 e. The Kier molecular flexibility index (Phi) is 5.42. The topological polar surface area (TPSA) is 45.7 Å². The van der Waals surface area contributed by atoms with Crippen molar-refractivity contribution in [3.05, 3.63) is 65.2 Å². The molecule has 1 aliphatic heterocycles. The summed E-state index contributed by atoms with van der Waals surface area (Å²) < 4.78 is 6.48. The second-order valence-corrected chi connectivity index (χ2v) is 9.02. The van der Waals surface area contributed by atoms with Gasteiger partial charge in [0.1, 0.15) is 5.52 Å². The van der Waals surface area contributed by atoms with E-state index in [1.807, 2.05) is 35.2 Å². The van der Waals surface area contributed by atoms with Crippen molar-refractivity contribution < 1.29 is 9.53 Å². The number of carbonyl (C=O) groups excluding carboxylic acids is 1. The molecule has 5 rings (SSSR count). The van der Waals surface area contributed by atoms with E-state index < -0.39 is 0 Å². The molecule has 2 heterocycles. The van der Waals surface area contributed by atoms with Gasteiger partial charge in [0, 0.05) is 26.2 Å². The molecule has 0 saturated carbocycles. The van der Waals surface area contributed by atoms with Gasteiger partial charge in [-0.25, -0.2) is 4.98 Å². The monoisotopic (exact) mass is 451 g/mol. The van der Waals surface area contributed by atoms with E-state index >= 15 is 0 Å². The number of fused-ring (bicyclic) bond motifs is 2. The summed E-state index contributed by atoms with van der Waals surface area (Å²) in [4.78, 5) is 21.9. The van der Waals surface area contributed by atoms with Crippen LogP contribution in [0.15, 0.2) is 54.6 Å². The van der Waals surface area contributed by atoms with Gasteiger partial charge >= 0.3 is 0 Å². The Bertz CT molecular complexity index is 1260. The van der Waals surface area contributed by atoms with Crippen molar-refractivity contribution in [2.45, 2.75) is 6.42 Å². The number of benzene rings is 3. The minimum atomic E-state index is 0.175. The summed E-state index contributed by atoms with van der Waals surface area (Å²) in [7, 11) is 1.61. The van der Waals surface area contributed by atoms with Crippen LogP contribution in [0.1, 0.15) is 5.56 Å². The maximum atomic E-state index is 13.0. The molecule has 0 unspecified atom stereocenters. The van der Waals surface area contributed by atoms with Gasteiger partial charge in [-0.15, -0.1) is 0 Å². The molecule has 4 aromatic rings. The largest absolute Gasteiger partial charge is 0.493 e. The molecule has 0 N–H and O–H groups in total. The normalized spacial score (nSPS) is 14.4. The number of carbonyl (C=O) groups is 1. The van der Waals surface area contributed by atoms with E-state index in [0.717, 1.165) is 39.4 Å². The van der Waals surface area contributed by atoms with Crippen LogP contribution < -0.4 is 9.64 Å². The first-order chi connectivity index (χ1) is 15.1. The number of amides is 1. The number of thiazole rings is 1. The molecule has 1 fully saturated rings. The van der Waals surface area contributed by atoms with Crippen molar-refractivity contribution in [3.63, 3.8) is 0 Å². The molecule has 1 saturated heterocycles. The minimum absolute atomic E-state index is 0.175. The number of rotatable bonds is 4. The van der Waals surface area contributed by atoms with Crippen molar-refractivity contribution in [1.29, 1.82) is 0 Å². The Hall–Kier alpha value is -2.83. The predicted molar refractivity (Wildman–Crippen MR) is 128 cm³/mol. The summed E-state index contributed by atoms with van der Waals surface area (Å²) in [5, 5.41) is 3.83. The molecular weight excluding hydrogens is 430 g/mol. The van der Waals surface area contributed by atoms with E-state index in [-0.39, 0.29) is 5.91 Å². The summed E-state index contributed by atoms with van der Waals surface area (Å²) in [6.07, 6.45) is 0.429. The van der Waals surface area contributed by atoms with E-state index in [2.05, 4.69) is 29.2 Å². The smallest absolute Gasteiger partial charge is 0.227 e. The fourth-order valence-electron chi connectivity index (χ4n) is 4.13. The molecule has 158 valence electrons. The van der Waals surface area contributed by atoms with E-state index in [9.17, 15) is 4.79 Å². The van der Waals surface area contributed by atoms with E-state index in [0.29, 0.717) is 30.3 Å². The second kappa shape index (κ2) is 8.36. The Morgan fingerprint density at radius 1 is 1.06 bits per heavy atom. The highest BCUT2D eigenvalue weighted by atomic mass is 35.5. The molecule has 0 bridgehead atoms. The highest BCUT2D eigenvalue weighted by Gasteiger charge is 2.24. The maximum absolute atomic E-state index is 13.0. The van der Waals surface area contributed by atoms with Crippen LogP contribution in [-0.2, 0) is 11.2 Å². The summed E-state index contributed by atoms with van der Waals surface area (Å²) >= 11 is 7.87. The molecular formula is C24H22ClN3O2S. The molecule has 0 atom stereocenters. The van der Waals surface area contributed by atoms with Gasteiger partial charge in [-0.2, -0.15) is 0 Å². The van der Waals surface area contributed by atoms with Gasteiger partial charge in [0.15, 0.2) is 10.9 Å². The van der Waals surface area contributed by atoms with Crippen molar-refractivity contribution in [2.75, 3.05) is 38.2 Å². The molecule has 31 heavy (non-hydrogen) atoms. The number of methoxy groups -OCH3 is 1. The van der Waals surface area contributed by atoms with E-state index in [1.165, 1.54) is 5.39 Å². The molecule has 1 amide bonds. The molecule has 5 nitrogen and oxygen atoms in total. The molecule has 7 heteroatoms. The standard InChI is InChI=1S/C24H22ClN3O2S/c1-30-23-19(25)9-10-20-22(23)26-24(31-20)28-13-11-27(12-14-28)21(29)15-17-7-4-6-16-5-2-3-8-18(16)17/h2-10H,11-15H2,1H3. The van der Waals surface area contributed by atoms with Gasteiger partial charge in [0.2, 0.25) is 5.91 Å². The first-order valence-corrected chi connectivity index (χ1v) is 11.5. The first-order valence-electron chi connectivity index (χ1n) is 10.3. The lowest BCUT2D eigenvalue weighted by Crippen LogP contribution is -2.49. The molecule has 1 aromatic heterocycles. The zero-order valence-corrected chi connectivity index (χ0v) is 18.7. The molecule has 3 aromatic carbocycles. The summed E-state index contributed by atoms with van der Waals surface area (Å²) in [5.41, 5.74) is 1.88. The fourth-order valence-corrected chi connectivity index (χ4v) is 5.38. The van der Waals surface area contributed by atoms with Crippen molar-refractivity contribution >= 4 is 55.0 Å². The number of hydrogen-bond donors (Lipinski definition) is 0. The zero-order valence-electron chi connectivity index (χ0n) is 17.2. The van der Waals surface area contributed by atoms with E-state index in [1.54, 1.807) is 18.4 Å².